The van der Waals surface area contributed by atoms with Crippen molar-refractivity contribution in [2.24, 2.45) is 5.92 Å². The molecule has 1 fully saturated rings. The topological polar surface area (TPSA) is 96.2 Å². The maximum atomic E-state index is 12.6. The average Bonchev–Trinajstić information content (AvgIpc) is 2.70. The van der Waals surface area contributed by atoms with E-state index in [9.17, 15) is 9.59 Å². The van der Waals surface area contributed by atoms with Gasteiger partial charge in [0.1, 0.15) is 5.82 Å². The van der Waals surface area contributed by atoms with Crippen molar-refractivity contribution in [3.63, 3.8) is 0 Å². The fraction of sp³-hybridized carbons (Fsp3) is 0.476. The van der Waals surface area contributed by atoms with Gasteiger partial charge in [-0.1, -0.05) is 50.1 Å². The second kappa shape index (κ2) is 9.26. The average molecular weight is 416 g/mol. The Balaban J connectivity index is 1.92. The van der Waals surface area contributed by atoms with E-state index in [1.165, 1.54) is 17.4 Å². The van der Waals surface area contributed by atoms with Crippen LogP contribution in [0.4, 0.5) is 11.5 Å². The van der Waals surface area contributed by atoms with Crippen LogP contribution in [0.5, 0.6) is 0 Å². The van der Waals surface area contributed by atoms with E-state index in [1.807, 2.05) is 37.3 Å². The van der Waals surface area contributed by atoms with Crippen LogP contribution in [-0.2, 0) is 6.54 Å². The Bertz CT molecular complexity index is 969. The second-order valence-electron chi connectivity index (χ2n) is 7.63. The molecule has 156 valence electrons. The van der Waals surface area contributed by atoms with E-state index in [2.05, 4.69) is 17.2 Å². The molecule has 1 aromatic heterocycles. The summed E-state index contributed by atoms with van der Waals surface area (Å²) in [6.45, 7) is 4.86. The normalized spacial score (nSPS) is 19.0. The summed E-state index contributed by atoms with van der Waals surface area (Å²) in [5.74, 6) is 0.633. The number of thiocarbonyl (C=S) groups is 1. The lowest BCUT2D eigenvalue weighted by molar-refractivity contribution is 0.309. The monoisotopic (exact) mass is 415 g/mol. The lowest BCUT2D eigenvalue weighted by Crippen LogP contribution is -2.50. The number of benzene rings is 1. The zero-order chi connectivity index (χ0) is 21.0. The van der Waals surface area contributed by atoms with Gasteiger partial charge in [-0.2, -0.15) is 0 Å². The molecular weight excluding hydrogens is 386 g/mol. The van der Waals surface area contributed by atoms with E-state index in [0.29, 0.717) is 17.6 Å². The number of nitrogens with two attached hydrogens (primary N) is 1. The molecule has 2 atom stereocenters. The van der Waals surface area contributed by atoms with Crippen molar-refractivity contribution < 1.29 is 0 Å². The summed E-state index contributed by atoms with van der Waals surface area (Å²) < 4.78 is 1.38. The number of hydrogen-bond donors (Lipinski definition) is 3. The van der Waals surface area contributed by atoms with E-state index in [0.717, 1.165) is 18.4 Å². The van der Waals surface area contributed by atoms with Crippen molar-refractivity contribution in [1.82, 2.24) is 14.9 Å². The number of nitrogens with zero attached hydrogens (tertiary/aromatic N) is 2. The van der Waals surface area contributed by atoms with E-state index in [-0.39, 0.29) is 24.1 Å². The molecule has 3 rings (SSSR count). The molecule has 29 heavy (non-hydrogen) atoms. The quantitative estimate of drug-likeness (QED) is 0.649. The molecule has 8 heteroatoms. The molecule has 1 aliphatic carbocycles. The maximum Gasteiger partial charge on any atom is 0.330 e. The Morgan fingerprint density at radius 3 is 2.62 bits per heavy atom. The maximum absolute atomic E-state index is 12.6. The predicted molar refractivity (Wildman–Crippen MR) is 121 cm³/mol. The van der Waals surface area contributed by atoms with Gasteiger partial charge in [0, 0.05) is 12.6 Å². The van der Waals surface area contributed by atoms with Crippen molar-refractivity contribution in [2.45, 2.75) is 52.1 Å². The number of aromatic nitrogens is 2. The third-order valence-electron chi connectivity index (χ3n) is 5.65. The molecule has 1 aliphatic rings. The molecular formula is C21H29N5O2S. The zero-order valence-corrected chi connectivity index (χ0v) is 17.8. The molecule has 0 saturated heterocycles. The number of anilines is 2. The number of nitrogen functional groups attached to an aromatic ring is 1. The zero-order valence-electron chi connectivity index (χ0n) is 17.0. The fourth-order valence-electron chi connectivity index (χ4n) is 3.93. The first-order valence-corrected chi connectivity index (χ1v) is 10.6. The van der Waals surface area contributed by atoms with Gasteiger partial charge in [-0.25, -0.2) is 4.79 Å². The van der Waals surface area contributed by atoms with Gasteiger partial charge >= 0.3 is 5.69 Å². The molecule has 7 nitrogen and oxygen atoms in total. The Kier molecular flexibility index (Phi) is 6.74. The Labute approximate surface area is 175 Å². The van der Waals surface area contributed by atoms with Gasteiger partial charge in [-0.05, 0) is 43.5 Å². The van der Waals surface area contributed by atoms with Crippen molar-refractivity contribution in [3.8, 4) is 0 Å². The third kappa shape index (κ3) is 4.70. The van der Waals surface area contributed by atoms with Crippen molar-refractivity contribution >= 4 is 28.8 Å². The van der Waals surface area contributed by atoms with Crippen molar-refractivity contribution in [1.29, 1.82) is 0 Å². The molecule has 0 spiro atoms. The highest BCUT2D eigenvalue weighted by molar-refractivity contribution is 7.80. The Morgan fingerprint density at radius 1 is 1.28 bits per heavy atom. The Hall–Kier alpha value is -2.61. The van der Waals surface area contributed by atoms with Crippen LogP contribution in [0, 0.1) is 5.92 Å². The SMILES string of the molecule is CCN(C(=S)N[C@@H]1CCCC[C@@H]1C)c1c(N)n(Cc2ccccc2)c(=O)[nH]c1=O. The minimum absolute atomic E-state index is 0.116. The minimum Gasteiger partial charge on any atom is -0.383 e. The van der Waals surface area contributed by atoms with Crippen LogP contribution in [0.25, 0.3) is 0 Å². The van der Waals surface area contributed by atoms with Crippen LogP contribution in [0.15, 0.2) is 39.9 Å². The lowest BCUT2D eigenvalue weighted by Gasteiger charge is -2.34. The van der Waals surface area contributed by atoms with E-state index < -0.39 is 11.2 Å². The molecule has 1 aromatic carbocycles. The second-order valence-corrected chi connectivity index (χ2v) is 8.01. The molecule has 0 bridgehead atoms. The van der Waals surface area contributed by atoms with E-state index in [1.54, 1.807) is 4.90 Å². The van der Waals surface area contributed by atoms with Crippen LogP contribution in [0.2, 0.25) is 0 Å². The van der Waals surface area contributed by atoms with Crippen LogP contribution in [-0.4, -0.2) is 27.3 Å². The molecule has 1 saturated carbocycles. The van der Waals surface area contributed by atoms with E-state index in [4.69, 9.17) is 18.0 Å². The molecule has 1 heterocycles. The van der Waals surface area contributed by atoms with Crippen molar-refractivity contribution in [2.75, 3.05) is 17.2 Å². The summed E-state index contributed by atoms with van der Waals surface area (Å²) in [6.07, 6.45) is 4.62. The Morgan fingerprint density at radius 2 is 1.97 bits per heavy atom. The smallest absolute Gasteiger partial charge is 0.330 e. The number of aromatic amines is 1. The summed E-state index contributed by atoms with van der Waals surface area (Å²) in [6, 6.07) is 9.79. The largest absolute Gasteiger partial charge is 0.383 e. The predicted octanol–water partition coefficient (Wildman–Crippen LogP) is 2.45. The minimum atomic E-state index is -0.532. The first kappa shape index (κ1) is 21.1. The fourth-order valence-corrected chi connectivity index (χ4v) is 4.30. The molecule has 0 radical (unpaired) electrons. The van der Waals surface area contributed by atoms with Crippen LogP contribution < -0.4 is 27.2 Å². The molecule has 0 amide bonds. The van der Waals surface area contributed by atoms with Crippen LogP contribution in [0.3, 0.4) is 0 Å². The van der Waals surface area contributed by atoms with E-state index >= 15 is 0 Å². The summed E-state index contributed by atoms with van der Waals surface area (Å²) in [4.78, 5) is 29.1. The van der Waals surface area contributed by atoms with Gasteiger partial charge < -0.3 is 16.0 Å². The number of hydrogen-bond acceptors (Lipinski definition) is 4. The highest BCUT2D eigenvalue weighted by Crippen LogP contribution is 2.25. The summed E-state index contributed by atoms with van der Waals surface area (Å²) in [5.41, 5.74) is 6.39. The van der Waals surface area contributed by atoms with Gasteiger partial charge in [0.2, 0.25) is 0 Å². The first-order valence-electron chi connectivity index (χ1n) is 10.2. The molecule has 0 unspecified atom stereocenters. The molecule has 4 N–H and O–H groups in total. The number of rotatable bonds is 5. The summed E-state index contributed by atoms with van der Waals surface area (Å²) >= 11 is 5.63. The molecule has 2 aromatic rings. The van der Waals surface area contributed by atoms with Gasteiger partial charge in [0.25, 0.3) is 5.56 Å². The van der Waals surface area contributed by atoms with Crippen molar-refractivity contribution in [3.05, 3.63) is 56.7 Å². The standard InChI is InChI=1S/C21H29N5O2S/c1-3-25(21(29)23-16-12-8-7-9-14(16)2)17-18(22)26(20(28)24-19(17)27)13-15-10-5-4-6-11-15/h4-6,10-11,14,16H,3,7-9,12-13,22H2,1-2H3,(H,23,29)(H,24,27,28)/t14-,16+/m0/s1. The number of nitrogens with one attached hydrogen (secondary N) is 2. The first-order chi connectivity index (χ1) is 13.9. The lowest BCUT2D eigenvalue weighted by atomic mass is 9.86. The van der Waals surface area contributed by atoms with Gasteiger partial charge in [-0.3, -0.25) is 14.3 Å². The third-order valence-corrected chi connectivity index (χ3v) is 5.99. The highest BCUT2D eigenvalue weighted by Gasteiger charge is 2.26. The van der Waals surface area contributed by atoms with Crippen LogP contribution >= 0.6 is 12.2 Å². The molecule has 0 aliphatic heterocycles. The highest BCUT2D eigenvalue weighted by atomic mass is 32.1. The number of H-pyrrole nitrogens is 1. The summed E-state index contributed by atoms with van der Waals surface area (Å²) in [7, 11) is 0. The van der Waals surface area contributed by atoms with Gasteiger partial charge in [0.15, 0.2) is 10.8 Å². The van der Waals surface area contributed by atoms with Gasteiger partial charge in [-0.15, -0.1) is 0 Å². The van der Waals surface area contributed by atoms with Gasteiger partial charge in [0.05, 0.1) is 6.54 Å². The van der Waals surface area contributed by atoms with Crippen LogP contribution in [0.1, 0.15) is 45.1 Å². The summed E-state index contributed by atoms with van der Waals surface area (Å²) in [5, 5.41) is 3.88.